The summed E-state index contributed by atoms with van der Waals surface area (Å²) in [5.41, 5.74) is 2.58. The predicted molar refractivity (Wildman–Crippen MR) is 104 cm³/mol. The number of fused-ring (bicyclic) bond motifs is 2. The van der Waals surface area contributed by atoms with Crippen LogP contribution < -0.4 is 16.0 Å². The molecule has 0 spiro atoms. The van der Waals surface area contributed by atoms with Crippen LogP contribution in [0.25, 0.3) is 0 Å². The summed E-state index contributed by atoms with van der Waals surface area (Å²) in [6, 6.07) is 5.17. The van der Waals surface area contributed by atoms with Gasteiger partial charge in [-0.2, -0.15) is 0 Å². The smallest absolute Gasteiger partial charge is 0.255 e. The Hall–Kier alpha value is -2.29. The van der Waals surface area contributed by atoms with E-state index in [1.54, 1.807) is 4.90 Å². The number of imide groups is 1. The van der Waals surface area contributed by atoms with Crippen LogP contribution in [0.5, 0.6) is 0 Å². The maximum atomic E-state index is 12.9. The normalized spacial score (nSPS) is 31.2. The van der Waals surface area contributed by atoms with E-state index < -0.39 is 6.04 Å². The van der Waals surface area contributed by atoms with Gasteiger partial charge in [-0.1, -0.05) is 12.1 Å². The number of carbonyl (C=O) groups excluding carboxylic acids is 3. The molecule has 0 aromatic heterocycles. The zero-order chi connectivity index (χ0) is 20.0. The molecule has 154 valence electrons. The molecular weight excluding hydrogens is 372 g/mol. The van der Waals surface area contributed by atoms with Gasteiger partial charge in [0.05, 0.1) is 5.60 Å². The summed E-state index contributed by atoms with van der Waals surface area (Å²) in [6.45, 7) is 4.54. The van der Waals surface area contributed by atoms with Crippen molar-refractivity contribution >= 4 is 17.7 Å². The lowest BCUT2D eigenvalue weighted by Crippen LogP contribution is -2.52. The van der Waals surface area contributed by atoms with Gasteiger partial charge in [0.1, 0.15) is 6.04 Å². The van der Waals surface area contributed by atoms with E-state index in [0.29, 0.717) is 31.0 Å². The molecule has 0 radical (unpaired) electrons. The molecule has 1 aromatic carbocycles. The minimum absolute atomic E-state index is 0.119. The molecule has 4 heterocycles. The van der Waals surface area contributed by atoms with Crippen molar-refractivity contribution in [3.63, 3.8) is 0 Å². The van der Waals surface area contributed by atoms with E-state index in [0.717, 1.165) is 43.8 Å². The maximum Gasteiger partial charge on any atom is 0.255 e. The first-order valence-corrected chi connectivity index (χ1v) is 10.4. The van der Waals surface area contributed by atoms with Gasteiger partial charge in [-0.25, -0.2) is 0 Å². The van der Waals surface area contributed by atoms with Crippen LogP contribution in [0.15, 0.2) is 18.2 Å². The Morgan fingerprint density at radius 1 is 1.24 bits per heavy atom. The molecule has 0 saturated carbocycles. The standard InChI is InChI=1S/C21H26N4O4/c26-18-5-4-17(19(27)24-18)25-10-16-13(2-1-3-15(16)20(25)28)8-22-11-21-12-23-9-14(21)6-7-29-21/h1-3,14,17,22-23H,4-12H2,(H,24,26,27)/t14-,17?,21+/m1/s1. The third-order valence-electron chi connectivity index (χ3n) is 6.83. The van der Waals surface area contributed by atoms with Crippen molar-refractivity contribution in [2.75, 3.05) is 26.2 Å². The van der Waals surface area contributed by atoms with Crippen LogP contribution in [0.2, 0.25) is 0 Å². The number of hydrogen-bond acceptors (Lipinski definition) is 6. The summed E-state index contributed by atoms with van der Waals surface area (Å²) in [5, 5.41) is 9.32. The molecule has 29 heavy (non-hydrogen) atoms. The van der Waals surface area contributed by atoms with Crippen molar-refractivity contribution in [1.82, 2.24) is 20.9 Å². The fourth-order valence-corrected chi connectivity index (χ4v) is 5.21. The number of nitrogens with zero attached hydrogens (tertiary/aromatic N) is 1. The van der Waals surface area contributed by atoms with E-state index in [1.165, 1.54) is 0 Å². The molecule has 4 aliphatic heterocycles. The number of rotatable bonds is 5. The van der Waals surface area contributed by atoms with Crippen molar-refractivity contribution in [2.45, 2.75) is 44.0 Å². The van der Waals surface area contributed by atoms with Crippen LogP contribution >= 0.6 is 0 Å². The Morgan fingerprint density at radius 2 is 2.14 bits per heavy atom. The molecule has 5 rings (SSSR count). The van der Waals surface area contributed by atoms with Gasteiger partial charge in [-0.3, -0.25) is 19.7 Å². The molecule has 8 nitrogen and oxygen atoms in total. The molecule has 1 unspecified atom stereocenters. The first-order chi connectivity index (χ1) is 14.1. The number of hydrogen-bond donors (Lipinski definition) is 3. The van der Waals surface area contributed by atoms with Crippen molar-refractivity contribution in [3.05, 3.63) is 34.9 Å². The van der Waals surface area contributed by atoms with Crippen LogP contribution in [0.3, 0.4) is 0 Å². The Morgan fingerprint density at radius 3 is 3.00 bits per heavy atom. The van der Waals surface area contributed by atoms with Crippen LogP contribution in [-0.4, -0.2) is 60.5 Å². The van der Waals surface area contributed by atoms with Gasteiger partial charge >= 0.3 is 0 Å². The topological polar surface area (TPSA) is 99.8 Å². The van der Waals surface area contributed by atoms with Crippen molar-refractivity contribution in [1.29, 1.82) is 0 Å². The number of nitrogens with one attached hydrogen (secondary N) is 3. The second-order valence-corrected chi connectivity index (χ2v) is 8.48. The van der Waals surface area contributed by atoms with E-state index in [4.69, 9.17) is 4.74 Å². The Bertz CT molecular complexity index is 860. The summed E-state index contributed by atoms with van der Waals surface area (Å²) in [7, 11) is 0. The first-order valence-electron chi connectivity index (χ1n) is 10.4. The minimum Gasteiger partial charge on any atom is -0.372 e. The Kier molecular flexibility index (Phi) is 4.64. The van der Waals surface area contributed by atoms with Gasteiger partial charge in [0.15, 0.2) is 0 Å². The van der Waals surface area contributed by atoms with Gasteiger partial charge in [0, 0.05) is 57.2 Å². The number of carbonyl (C=O) groups is 3. The lowest BCUT2D eigenvalue weighted by molar-refractivity contribution is -0.136. The molecule has 3 fully saturated rings. The van der Waals surface area contributed by atoms with E-state index in [-0.39, 0.29) is 29.7 Å². The third kappa shape index (κ3) is 3.15. The van der Waals surface area contributed by atoms with Crippen LogP contribution in [0, 0.1) is 5.92 Å². The van der Waals surface area contributed by atoms with Gasteiger partial charge < -0.3 is 20.3 Å². The molecule has 3 saturated heterocycles. The summed E-state index contributed by atoms with van der Waals surface area (Å²) in [6.07, 6.45) is 1.75. The van der Waals surface area contributed by atoms with Crippen LogP contribution in [0.4, 0.5) is 0 Å². The van der Waals surface area contributed by atoms with E-state index in [2.05, 4.69) is 16.0 Å². The molecule has 0 bridgehead atoms. The Labute approximate surface area is 169 Å². The molecular formula is C21H26N4O4. The highest BCUT2D eigenvalue weighted by Crippen LogP contribution is 2.35. The zero-order valence-corrected chi connectivity index (χ0v) is 16.3. The van der Waals surface area contributed by atoms with Crippen LogP contribution in [0.1, 0.15) is 40.7 Å². The fraction of sp³-hybridized carbons (Fsp3) is 0.571. The molecule has 1 aromatic rings. The highest BCUT2D eigenvalue weighted by molar-refractivity contribution is 6.05. The van der Waals surface area contributed by atoms with Crippen molar-refractivity contribution in [3.8, 4) is 0 Å². The van der Waals surface area contributed by atoms with E-state index in [1.807, 2.05) is 18.2 Å². The molecule has 0 aliphatic carbocycles. The highest BCUT2D eigenvalue weighted by Gasteiger charge is 2.47. The second kappa shape index (κ2) is 7.19. The first kappa shape index (κ1) is 18.7. The molecule has 3 atom stereocenters. The number of amides is 3. The number of ether oxygens (including phenoxy) is 1. The average Bonchev–Trinajstić information content (AvgIpc) is 3.35. The highest BCUT2D eigenvalue weighted by atomic mass is 16.5. The summed E-state index contributed by atoms with van der Waals surface area (Å²) < 4.78 is 6.07. The minimum atomic E-state index is -0.579. The molecule has 3 amide bonds. The third-order valence-corrected chi connectivity index (χ3v) is 6.83. The van der Waals surface area contributed by atoms with E-state index in [9.17, 15) is 14.4 Å². The predicted octanol–water partition coefficient (Wildman–Crippen LogP) is -0.0843. The van der Waals surface area contributed by atoms with Gasteiger partial charge in [-0.05, 0) is 30.0 Å². The van der Waals surface area contributed by atoms with Gasteiger partial charge in [0.2, 0.25) is 11.8 Å². The SMILES string of the molecule is O=C1CCC(N2Cc3c(CNC[C@]45CNC[C@H]4CCO5)cccc3C2=O)C(=O)N1. The Balaban J connectivity index is 1.28. The van der Waals surface area contributed by atoms with Gasteiger partial charge in [0.25, 0.3) is 5.91 Å². The van der Waals surface area contributed by atoms with Crippen molar-refractivity contribution in [2.24, 2.45) is 5.92 Å². The van der Waals surface area contributed by atoms with E-state index >= 15 is 0 Å². The maximum absolute atomic E-state index is 12.9. The number of piperidine rings is 1. The van der Waals surface area contributed by atoms with Gasteiger partial charge in [-0.15, -0.1) is 0 Å². The largest absolute Gasteiger partial charge is 0.372 e. The quantitative estimate of drug-likeness (QED) is 0.600. The molecule has 3 N–H and O–H groups in total. The lowest BCUT2D eigenvalue weighted by Gasteiger charge is -2.29. The lowest BCUT2D eigenvalue weighted by atomic mass is 9.91. The van der Waals surface area contributed by atoms with Crippen molar-refractivity contribution < 1.29 is 19.1 Å². The molecule has 4 aliphatic rings. The summed E-state index contributed by atoms with van der Waals surface area (Å²) in [5.74, 6) is -0.219. The second-order valence-electron chi connectivity index (χ2n) is 8.48. The summed E-state index contributed by atoms with van der Waals surface area (Å²) >= 11 is 0. The molecule has 8 heteroatoms. The summed E-state index contributed by atoms with van der Waals surface area (Å²) in [4.78, 5) is 38.2. The monoisotopic (exact) mass is 398 g/mol. The zero-order valence-electron chi connectivity index (χ0n) is 16.3. The van der Waals surface area contributed by atoms with Crippen LogP contribution in [-0.2, 0) is 27.4 Å². The fourth-order valence-electron chi connectivity index (χ4n) is 5.21. The number of benzene rings is 1. The average molecular weight is 398 g/mol.